The molecule has 0 radical (unpaired) electrons. The number of halogens is 1. The quantitative estimate of drug-likeness (QED) is 0.381. The van der Waals surface area contributed by atoms with Crippen LogP contribution >= 0.6 is 11.6 Å². The molecular weight excluding hydrogens is 360 g/mol. The summed E-state index contributed by atoms with van der Waals surface area (Å²) < 4.78 is 5.09. The molecule has 1 saturated heterocycles. The van der Waals surface area contributed by atoms with Gasteiger partial charge < -0.3 is 15.4 Å². The van der Waals surface area contributed by atoms with Crippen molar-refractivity contribution in [2.75, 3.05) is 47.4 Å². The highest BCUT2D eigenvalue weighted by atomic mass is 35.5. The van der Waals surface area contributed by atoms with Gasteiger partial charge in [0.2, 0.25) is 0 Å². The van der Waals surface area contributed by atoms with Crippen LogP contribution in [0.4, 0.5) is 0 Å². The summed E-state index contributed by atoms with van der Waals surface area (Å²) in [5, 5.41) is 7.76. The van der Waals surface area contributed by atoms with E-state index in [0.717, 1.165) is 50.1 Å². The number of hydrogen-bond donors (Lipinski definition) is 2. The topological polar surface area (TPSA) is 48.9 Å². The standard InChI is InChI=1S/C21H35ClN4O/c1-23-21(24-12-5-4-6-14-27-3)25-16-18-10-8-13-26(2)20(18)17-9-7-11-19(22)15-17/h7,9,11,15,18,20H,4-6,8,10,12-14,16H2,1-3H3,(H2,23,24,25). The molecule has 1 aromatic rings. The highest BCUT2D eigenvalue weighted by Crippen LogP contribution is 2.35. The normalized spacial score (nSPS) is 21.3. The molecule has 1 fully saturated rings. The summed E-state index contributed by atoms with van der Waals surface area (Å²) in [5.41, 5.74) is 1.30. The number of benzene rings is 1. The van der Waals surface area contributed by atoms with Crippen LogP contribution in [0.2, 0.25) is 5.02 Å². The minimum absolute atomic E-state index is 0.386. The average molecular weight is 395 g/mol. The van der Waals surface area contributed by atoms with Crippen molar-refractivity contribution in [3.05, 3.63) is 34.9 Å². The molecule has 0 spiro atoms. The van der Waals surface area contributed by atoms with Gasteiger partial charge in [-0.2, -0.15) is 0 Å². The minimum atomic E-state index is 0.386. The van der Waals surface area contributed by atoms with E-state index in [1.807, 2.05) is 13.1 Å². The molecule has 2 rings (SSSR count). The Morgan fingerprint density at radius 1 is 1.30 bits per heavy atom. The lowest BCUT2D eigenvalue weighted by atomic mass is 9.85. The van der Waals surface area contributed by atoms with Gasteiger partial charge in [-0.05, 0) is 69.3 Å². The van der Waals surface area contributed by atoms with Gasteiger partial charge in [0, 0.05) is 44.9 Å². The summed E-state index contributed by atoms with van der Waals surface area (Å²) in [4.78, 5) is 6.82. The molecule has 1 aromatic carbocycles. The number of ether oxygens (including phenoxy) is 1. The number of nitrogens with one attached hydrogen (secondary N) is 2. The lowest BCUT2D eigenvalue weighted by Crippen LogP contribution is -2.45. The zero-order valence-corrected chi connectivity index (χ0v) is 17.8. The van der Waals surface area contributed by atoms with Crippen LogP contribution in [-0.4, -0.2) is 58.3 Å². The van der Waals surface area contributed by atoms with E-state index >= 15 is 0 Å². The molecule has 27 heavy (non-hydrogen) atoms. The molecule has 1 heterocycles. The summed E-state index contributed by atoms with van der Waals surface area (Å²) in [6, 6.07) is 8.68. The smallest absolute Gasteiger partial charge is 0.190 e. The summed E-state index contributed by atoms with van der Waals surface area (Å²) in [6.45, 7) is 3.81. The molecule has 2 atom stereocenters. The second-order valence-corrected chi connectivity index (χ2v) is 7.75. The Balaban J connectivity index is 1.85. The zero-order valence-electron chi connectivity index (χ0n) is 17.0. The van der Waals surface area contributed by atoms with E-state index in [0.29, 0.717) is 12.0 Å². The Bertz CT molecular complexity index is 581. The predicted molar refractivity (Wildman–Crippen MR) is 115 cm³/mol. The average Bonchev–Trinajstić information content (AvgIpc) is 2.67. The fourth-order valence-electron chi connectivity index (χ4n) is 3.89. The Morgan fingerprint density at radius 3 is 2.89 bits per heavy atom. The van der Waals surface area contributed by atoms with Gasteiger partial charge in [0.15, 0.2) is 5.96 Å². The van der Waals surface area contributed by atoms with Crippen molar-refractivity contribution < 1.29 is 4.74 Å². The number of guanidine groups is 1. The first-order valence-corrected chi connectivity index (χ1v) is 10.4. The maximum atomic E-state index is 6.24. The largest absolute Gasteiger partial charge is 0.385 e. The Kier molecular flexibility index (Phi) is 9.95. The molecule has 5 nitrogen and oxygen atoms in total. The van der Waals surface area contributed by atoms with E-state index in [4.69, 9.17) is 16.3 Å². The molecule has 1 aliphatic rings. The van der Waals surface area contributed by atoms with Crippen molar-refractivity contribution >= 4 is 17.6 Å². The maximum absolute atomic E-state index is 6.24. The van der Waals surface area contributed by atoms with Crippen LogP contribution in [0, 0.1) is 5.92 Å². The molecule has 0 aromatic heterocycles. The molecule has 0 bridgehead atoms. The van der Waals surface area contributed by atoms with E-state index in [1.165, 1.54) is 24.8 Å². The number of piperidine rings is 1. The van der Waals surface area contributed by atoms with Gasteiger partial charge >= 0.3 is 0 Å². The Hall–Kier alpha value is -1.30. The van der Waals surface area contributed by atoms with Gasteiger partial charge in [-0.3, -0.25) is 9.89 Å². The molecule has 0 amide bonds. The third-order valence-electron chi connectivity index (χ3n) is 5.27. The molecule has 0 saturated carbocycles. The monoisotopic (exact) mass is 394 g/mol. The number of unbranched alkanes of at least 4 members (excludes halogenated alkanes) is 2. The third-order valence-corrected chi connectivity index (χ3v) is 5.51. The second kappa shape index (κ2) is 12.2. The molecule has 0 aliphatic carbocycles. The first-order valence-electron chi connectivity index (χ1n) is 10.0. The van der Waals surface area contributed by atoms with Crippen LogP contribution in [0.15, 0.2) is 29.3 Å². The highest BCUT2D eigenvalue weighted by molar-refractivity contribution is 6.30. The fourth-order valence-corrected chi connectivity index (χ4v) is 4.09. The predicted octanol–water partition coefficient (Wildman–Crippen LogP) is 3.70. The van der Waals surface area contributed by atoms with E-state index in [-0.39, 0.29) is 0 Å². The molecule has 2 unspecified atom stereocenters. The lowest BCUT2D eigenvalue weighted by Gasteiger charge is -2.40. The van der Waals surface area contributed by atoms with Crippen LogP contribution in [-0.2, 0) is 4.74 Å². The highest BCUT2D eigenvalue weighted by Gasteiger charge is 2.30. The molecule has 2 N–H and O–H groups in total. The van der Waals surface area contributed by atoms with Crippen molar-refractivity contribution in [2.24, 2.45) is 10.9 Å². The summed E-state index contributed by atoms with van der Waals surface area (Å²) >= 11 is 6.24. The number of likely N-dealkylation sites (tertiary alicyclic amines) is 1. The summed E-state index contributed by atoms with van der Waals surface area (Å²) in [7, 11) is 5.80. The first kappa shape index (κ1) is 22.0. The minimum Gasteiger partial charge on any atom is -0.385 e. The van der Waals surface area contributed by atoms with E-state index in [9.17, 15) is 0 Å². The second-order valence-electron chi connectivity index (χ2n) is 7.32. The van der Waals surface area contributed by atoms with E-state index < -0.39 is 0 Å². The van der Waals surface area contributed by atoms with Gasteiger partial charge in [-0.15, -0.1) is 0 Å². The number of hydrogen-bond acceptors (Lipinski definition) is 3. The SMILES string of the molecule is CN=C(NCCCCCOC)NCC1CCCN(C)C1c1cccc(Cl)c1. The molecule has 152 valence electrons. The summed E-state index contributed by atoms with van der Waals surface area (Å²) in [6.07, 6.45) is 5.84. The van der Waals surface area contributed by atoms with Crippen molar-refractivity contribution in [2.45, 2.75) is 38.1 Å². The van der Waals surface area contributed by atoms with Gasteiger partial charge in [0.05, 0.1) is 0 Å². The van der Waals surface area contributed by atoms with Crippen molar-refractivity contribution in [1.29, 1.82) is 0 Å². The van der Waals surface area contributed by atoms with Gasteiger partial charge in [-0.1, -0.05) is 23.7 Å². The van der Waals surface area contributed by atoms with E-state index in [2.05, 4.69) is 45.8 Å². The van der Waals surface area contributed by atoms with Gasteiger partial charge in [0.1, 0.15) is 0 Å². The number of rotatable bonds is 9. The Labute approximate surface area is 169 Å². The van der Waals surface area contributed by atoms with Gasteiger partial charge in [0.25, 0.3) is 0 Å². The number of nitrogens with zero attached hydrogens (tertiary/aromatic N) is 2. The van der Waals surface area contributed by atoms with Crippen LogP contribution in [0.3, 0.4) is 0 Å². The fraction of sp³-hybridized carbons (Fsp3) is 0.667. The number of aliphatic imine (C=N–C) groups is 1. The molecular formula is C21H35ClN4O. The van der Waals surface area contributed by atoms with Crippen LogP contribution in [0.5, 0.6) is 0 Å². The molecule has 1 aliphatic heterocycles. The third kappa shape index (κ3) is 7.32. The lowest BCUT2D eigenvalue weighted by molar-refractivity contribution is 0.122. The molecule has 6 heteroatoms. The zero-order chi connectivity index (χ0) is 19.5. The van der Waals surface area contributed by atoms with Crippen LogP contribution in [0.1, 0.15) is 43.7 Å². The van der Waals surface area contributed by atoms with Crippen molar-refractivity contribution in [3.8, 4) is 0 Å². The van der Waals surface area contributed by atoms with Crippen molar-refractivity contribution in [3.63, 3.8) is 0 Å². The maximum Gasteiger partial charge on any atom is 0.190 e. The van der Waals surface area contributed by atoms with Gasteiger partial charge in [-0.25, -0.2) is 0 Å². The first-order chi connectivity index (χ1) is 13.2. The summed E-state index contributed by atoms with van der Waals surface area (Å²) in [5.74, 6) is 1.42. The van der Waals surface area contributed by atoms with E-state index in [1.54, 1.807) is 7.11 Å². The Morgan fingerprint density at radius 2 is 2.15 bits per heavy atom. The van der Waals surface area contributed by atoms with Crippen LogP contribution < -0.4 is 10.6 Å². The number of methoxy groups -OCH3 is 1. The van der Waals surface area contributed by atoms with Crippen molar-refractivity contribution in [1.82, 2.24) is 15.5 Å². The van der Waals surface area contributed by atoms with Crippen LogP contribution in [0.25, 0.3) is 0 Å².